The van der Waals surface area contributed by atoms with Crippen LogP contribution in [0.5, 0.6) is 0 Å². The lowest BCUT2D eigenvalue weighted by Crippen LogP contribution is -2.39. The van der Waals surface area contributed by atoms with Crippen molar-refractivity contribution in [1.29, 1.82) is 0 Å². The Morgan fingerprint density at radius 3 is 2.31 bits per heavy atom. The lowest BCUT2D eigenvalue weighted by Gasteiger charge is -2.26. The second-order valence-corrected chi connectivity index (χ2v) is 9.07. The molecule has 1 aromatic heterocycles. The molecular formula is C27H40F2N4O3. The lowest BCUT2D eigenvalue weighted by atomic mass is 10.2. The Morgan fingerprint density at radius 1 is 1.08 bits per heavy atom. The van der Waals surface area contributed by atoms with E-state index in [-0.39, 0.29) is 23.1 Å². The van der Waals surface area contributed by atoms with Crippen LogP contribution in [0.25, 0.3) is 0 Å². The number of aromatic nitrogens is 1. The zero-order valence-electron chi connectivity index (χ0n) is 22.1. The van der Waals surface area contributed by atoms with Crippen LogP contribution in [-0.4, -0.2) is 44.9 Å². The van der Waals surface area contributed by atoms with Gasteiger partial charge in [-0.15, -0.1) is 0 Å². The minimum atomic E-state index is -0.737. The molecule has 0 atom stereocenters. The van der Waals surface area contributed by atoms with Gasteiger partial charge in [0.15, 0.2) is 5.43 Å². The Morgan fingerprint density at radius 2 is 1.72 bits per heavy atom. The molecule has 9 heteroatoms. The quantitative estimate of drug-likeness (QED) is 0.513. The molecule has 0 saturated heterocycles. The minimum absolute atomic E-state index is 0.00360. The topological polar surface area (TPSA) is 75.6 Å². The number of ether oxygens (including phenoxy) is 1. The summed E-state index contributed by atoms with van der Waals surface area (Å²) in [6, 6.07) is 4.68. The highest BCUT2D eigenvalue weighted by Crippen LogP contribution is 2.29. The normalized spacial score (nSPS) is 14.2. The van der Waals surface area contributed by atoms with Gasteiger partial charge in [0.25, 0.3) is 5.91 Å². The maximum atomic E-state index is 13.8. The van der Waals surface area contributed by atoms with Crippen LogP contribution in [0.2, 0.25) is 0 Å². The van der Waals surface area contributed by atoms with Crippen molar-refractivity contribution in [3.8, 4) is 0 Å². The molecule has 2 aliphatic rings. The van der Waals surface area contributed by atoms with Gasteiger partial charge in [0.05, 0.1) is 5.69 Å². The number of amides is 1. The third kappa shape index (κ3) is 9.35. The number of carbonyl (C=O) groups excluding carboxylic acids is 1. The van der Waals surface area contributed by atoms with E-state index in [1.807, 2.05) is 30.6 Å². The second kappa shape index (κ2) is 14.7. The summed E-state index contributed by atoms with van der Waals surface area (Å²) in [5.74, 6) is -0.643. The van der Waals surface area contributed by atoms with E-state index in [0.29, 0.717) is 12.5 Å². The summed E-state index contributed by atoms with van der Waals surface area (Å²) in [5.41, 5.74) is 0.573. The molecule has 0 bridgehead atoms. The highest BCUT2D eigenvalue weighted by molar-refractivity contribution is 5.93. The molecule has 2 N–H and O–H groups in total. The number of benzene rings is 1. The van der Waals surface area contributed by atoms with Crippen LogP contribution in [0.15, 0.2) is 35.3 Å². The highest BCUT2D eigenvalue weighted by Gasteiger charge is 2.25. The number of methoxy groups -OCH3 is 1. The SMILES string of the molecule is CC.CN(CC1CC1)n1cc(C(=O)NCc2ccc(F)cc2F)c(=O)cc1CNCC1CC1.COC. The number of hydrogen-bond acceptors (Lipinski definition) is 5. The number of nitrogens with one attached hydrogen (secondary N) is 2. The summed E-state index contributed by atoms with van der Waals surface area (Å²) in [5, 5.41) is 8.00. The highest BCUT2D eigenvalue weighted by atomic mass is 19.1. The number of pyridine rings is 1. The van der Waals surface area contributed by atoms with Gasteiger partial charge < -0.3 is 20.4 Å². The van der Waals surface area contributed by atoms with Gasteiger partial charge in [0.2, 0.25) is 0 Å². The van der Waals surface area contributed by atoms with Crippen LogP contribution in [-0.2, 0) is 17.8 Å². The predicted octanol–water partition coefficient (Wildman–Crippen LogP) is 3.82. The molecule has 36 heavy (non-hydrogen) atoms. The maximum Gasteiger partial charge on any atom is 0.257 e. The van der Waals surface area contributed by atoms with Crippen LogP contribution >= 0.6 is 0 Å². The van der Waals surface area contributed by atoms with E-state index in [4.69, 9.17) is 0 Å². The molecule has 0 unspecified atom stereocenters. The zero-order valence-corrected chi connectivity index (χ0v) is 22.1. The molecule has 7 nitrogen and oxygen atoms in total. The van der Waals surface area contributed by atoms with Crippen molar-refractivity contribution in [2.75, 3.05) is 39.4 Å². The summed E-state index contributed by atoms with van der Waals surface area (Å²) < 4.78 is 33.0. The van der Waals surface area contributed by atoms with Gasteiger partial charge in [-0.1, -0.05) is 19.9 Å². The average Bonchev–Trinajstić information content (AvgIpc) is 3.77. The third-order valence-electron chi connectivity index (χ3n) is 5.83. The van der Waals surface area contributed by atoms with Gasteiger partial charge in [-0.05, 0) is 50.1 Å². The molecule has 1 heterocycles. The summed E-state index contributed by atoms with van der Waals surface area (Å²) >= 11 is 0. The fourth-order valence-corrected chi connectivity index (χ4v) is 3.61. The molecule has 0 radical (unpaired) electrons. The Labute approximate surface area is 212 Å². The van der Waals surface area contributed by atoms with Crippen molar-refractivity contribution in [3.05, 3.63) is 69.1 Å². The van der Waals surface area contributed by atoms with E-state index in [1.165, 1.54) is 37.8 Å². The van der Waals surface area contributed by atoms with Gasteiger partial charge in [-0.2, -0.15) is 0 Å². The van der Waals surface area contributed by atoms with Crippen molar-refractivity contribution in [3.63, 3.8) is 0 Å². The van der Waals surface area contributed by atoms with Crippen LogP contribution in [0, 0.1) is 23.5 Å². The molecule has 4 rings (SSSR count). The molecule has 0 spiro atoms. The molecule has 200 valence electrons. The minimum Gasteiger partial charge on any atom is -0.388 e. The molecule has 1 amide bonds. The first-order valence-corrected chi connectivity index (χ1v) is 12.6. The third-order valence-corrected chi connectivity index (χ3v) is 5.83. The first kappa shape index (κ1) is 29.5. The van der Waals surface area contributed by atoms with Gasteiger partial charge in [-0.3, -0.25) is 14.3 Å². The van der Waals surface area contributed by atoms with Crippen LogP contribution in [0.1, 0.15) is 61.1 Å². The lowest BCUT2D eigenvalue weighted by molar-refractivity contribution is 0.0948. The van der Waals surface area contributed by atoms with Gasteiger partial charge in [-0.25, -0.2) is 8.78 Å². The molecule has 2 fully saturated rings. The summed E-state index contributed by atoms with van der Waals surface area (Å²) in [7, 11) is 5.20. The van der Waals surface area contributed by atoms with Crippen molar-refractivity contribution in [2.45, 2.75) is 52.6 Å². The number of nitrogens with zero attached hydrogens (tertiary/aromatic N) is 2. The zero-order chi connectivity index (χ0) is 26.7. The van der Waals surface area contributed by atoms with E-state index >= 15 is 0 Å². The largest absolute Gasteiger partial charge is 0.388 e. The molecule has 2 saturated carbocycles. The van der Waals surface area contributed by atoms with E-state index in [9.17, 15) is 18.4 Å². The Bertz CT molecular complexity index is 1040. The van der Waals surface area contributed by atoms with Crippen molar-refractivity contribution < 1.29 is 18.3 Å². The fourth-order valence-electron chi connectivity index (χ4n) is 3.61. The van der Waals surface area contributed by atoms with Crippen molar-refractivity contribution >= 4 is 5.91 Å². The van der Waals surface area contributed by atoms with E-state index in [0.717, 1.165) is 36.8 Å². The number of carbonyl (C=O) groups is 1. The Balaban J connectivity index is 0.000000850. The molecule has 2 aromatic rings. The number of halogens is 2. The summed E-state index contributed by atoms with van der Waals surface area (Å²) in [6.45, 7) is 6.18. The van der Waals surface area contributed by atoms with Gasteiger partial charge in [0.1, 0.15) is 17.2 Å². The molecule has 2 aliphatic carbocycles. The second-order valence-electron chi connectivity index (χ2n) is 9.07. The molecule has 1 aromatic carbocycles. The number of hydrogen-bond donors (Lipinski definition) is 2. The van der Waals surface area contributed by atoms with Gasteiger partial charge in [0, 0.05) is 64.8 Å². The van der Waals surface area contributed by atoms with E-state index < -0.39 is 17.5 Å². The van der Waals surface area contributed by atoms with Crippen molar-refractivity contribution in [1.82, 2.24) is 15.3 Å². The Kier molecular flexibility index (Phi) is 12.0. The van der Waals surface area contributed by atoms with Crippen molar-refractivity contribution in [2.24, 2.45) is 11.8 Å². The monoisotopic (exact) mass is 506 g/mol. The molecule has 0 aliphatic heterocycles. The van der Waals surface area contributed by atoms with Crippen LogP contribution in [0.4, 0.5) is 8.78 Å². The fraction of sp³-hybridized carbons (Fsp3) is 0.556. The number of rotatable bonds is 10. The standard InChI is InChI=1S/C23H28F2N4O2.C2H6O.C2H6/c1-28(13-16-4-5-16)29-14-20(22(30)9-19(29)12-26-10-15-2-3-15)23(31)27-11-17-6-7-18(24)8-21(17)25;1-3-2;1-2/h6-9,14-16,26H,2-5,10-13H2,1H3,(H,27,31);1-2H3;1-2H3. The Hall–Kier alpha value is -2.78. The predicted molar refractivity (Wildman–Crippen MR) is 139 cm³/mol. The molecular weight excluding hydrogens is 466 g/mol. The van der Waals surface area contributed by atoms with Crippen LogP contribution < -0.4 is 21.1 Å². The maximum absolute atomic E-state index is 13.8. The average molecular weight is 507 g/mol. The van der Waals surface area contributed by atoms with E-state index in [2.05, 4.69) is 15.4 Å². The van der Waals surface area contributed by atoms with Gasteiger partial charge >= 0.3 is 0 Å². The van der Waals surface area contributed by atoms with Crippen LogP contribution in [0.3, 0.4) is 0 Å². The summed E-state index contributed by atoms with van der Waals surface area (Å²) in [6.07, 6.45) is 6.44. The summed E-state index contributed by atoms with van der Waals surface area (Å²) in [4.78, 5) is 25.4. The smallest absolute Gasteiger partial charge is 0.257 e. The van der Waals surface area contributed by atoms with E-state index in [1.54, 1.807) is 20.4 Å². The first-order chi connectivity index (χ1) is 17.3. The first-order valence-electron chi connectivity index (χ1n) is 12.6.